The summed E-state index contributed by atoms with van der Waals surface area (Å²) < 4.78 is 24.0. The maximum atomic E-state index is 12.0. The molecule has 7 nitrogen and oxygen atoms in total. The van der Waals surface area contributed by atoms with Gasteiger partial charge in [-0.3, -0.25) is 0 Å². The van der Waals surface area contributed by atoms with Gasteiger partial charge < -0.3 is 16.8 Å². The van der Waals surface area contributed by atoms with Crippen molar-refractivity contribution in [3.05, 3.63) is 0 Å². The second kappa shape index (κ2) is 4.74. The van der Waals surface area contributed by atoms with Crippen LogP contribution < -0.4 is 16.8 Å². The molecule has 0 aliphatic carbocycles. The number of hydrogen-bond acceptors (Lipinski definition) is 7. The Morgan fingerprint density at radius 1 is 1.24 bits per heavy atom. The molecule has 1 rings (SSSR count). The molecule has 0 unspecified atom stereocenters. The molecule has 1 aromatic heterocycles. The quantitative estimate of drug-likeness (QED) is 0.708. The third-order valence-electron chi connectivity index (χ3n) is 2.16. The molecule has 0 aliphatic rings. The van der Waals surface area contributed by atoms with Crippen molar-refractivity contribution in [3.63, 3.8) is 0 Å². The zero-order valence-electron chi connectivity index (χ0n) is 10.1. The number of nitrogen functional groups attached to an aromatic ring is 2. The van der Waals surface area contributed by atoms with Crippen molar-refractivity contribution in [2.45, 2.75) is 30.9 Å². The molecule has 0 spiro atoms. The van der Waals surface area contributed by atoms with Crippen LogP contribution >= 0.6 is 0 Å². The van der Waals surface area contributed by atoms with Crippen molar-refractivity contribution in [3.8, 4) is 0 Å². The number of nitrogens with one attached hydrogen (secondary N) is 1. The smallest absolute Gasteiger partial charge is 0.226 e. The fraction of sp³-hybridized carbons (Fsp3) is 0.556. The fourth-order valence-corrected chi connectivity index (χ4v) is 2.40. The number of sulfone groups is 1. The largest absolute Gasteiger partial charge is 0.382 e. The summed E-state index contributed by atoms with van der Waals surface area (Å²) in [6.07, 6.45) is 0. The van der Waals surface area contributed by atoms with Crippen LogP contribution in [0.15, 0.2) is 4.90 Å². The third-order valence-corrected chi connectivity index (χ3v) is 4.39. The van der Waals surface area contributed by atoms with Crippen LogP contribution in [0.3, 0.4) is 0 Å². The van der Waals surface area contributed by atoms with Crippen LogP contribution in [0, 0.1) is 0 Å². The van der Waals surface area contributed by atoms with Crippen molar-refractivity contribution in [1.82, 2.24) is 9.97 Å². The molecule has 0 radical (unpaired) electrons. The van der Waals surface area contributed by atoms with Crippen LogP contribution in [0.5, 0.6) is 0 Å². The lowest BCUT2D eigenvalue weighted by molar-refractivity contribution is 0.587. The Balaban J connectivity index is 3.38. The normalized spacial score (nSPS) is 11.8. The van der Waals surface area contributed by atoms with E-state index < -0.39 is 15.1 Å². The van der Waals surface area contributed by atoms with Crippen molar-refractivity contribution in [2.75, 3.05) is 23.3 Å². The second-order valence-electron chi connectivity index (χ2n) is 3.77. The topological polar surface area (TPSA) is 124 Å². The zero-order valence-corrected chi connectivity index (χ0v) is 10.9. The van der Waals surface area contributed by atoms with E-state index in [4.69, 9.17) is 11.5 Å². The van der Waals surface area contributed by atoms with E-state index in [2.05, 4.69) is 15.3 Å². The minimum Gasteiger partial charge on any atom is -0.382 e. The van der Waals surface area contributed by atoms with E-state index in [1.165, 1.54) is 0 Å². The van der Waals surface area contributed by atoms with Crippen LogP contribution in [-0.4, -0.2) is 30.2 Å². The van der Waals surface area contributed by atoms with Crippen LogP contribution in [0.2, 0.25) is 0 Å². The summed E-state index contributed by atoms with van der Waals surface area (Å²) in [5.74, 6) is -0.0190. The summed E-state index contributed by atoms with van der Waals surface area (Å²) in [5, 5.41) is 2.20. The van der Waals surface area contributed by atoms with Crippen molar-refractivity contribution < 1.29 is 8.42 Å². The molecule has 96 valence electrons. The molecule has 1 heterocycles. The predicted octanol–water partition coefficient (Wildman–Crippen LogP) is 0.255. The Morgan fingerprint density at radius 3 is 2.06 bits per heavy atom. The van der Waals surface area contributed by atoms with Crippen LogP contribution in [-0.2, 0) is 9.84 Å². The molecule has 0 fully saturated rings. The molecular formula is C9H17N5O2S. The summed E-state index contributed by atoms with van der Waals surface area (Å²) in [4.78, 5) is 7.55. The highest BCUT2D eigenvalue weighted by Crippen LogP contribution is 2.27. The van der Waals surface area contributed by atoms with Crippen LogP contribution in [0.1, 0.15) is 20.8 Å². The Labute approximate surface area is 101 Å². The Kier molecular flexibility index (Phi) is 3.76. The molecule has 0 aromatic carbocycles. The lowest BCUT2D eigenvalue weighted by Gasteiger charge is -2.13. The van der Waals surface area contributed by atoms with Gasteiger partial charge in [0.1, 0.15) is 11.6 Å². The standard InChI is InChI=1S/C9H17N5O2S/c1-4-12-9-13-7(10)6(8(11)14-9)17(15,16)5(2)3/h5H,4H2,1-3H3,(H5,10,11,12,13,14). The number of nitrogens with two attached hydrogens (primary N) is 2. The van der Waals surface area contributed by atoms with Crippen molar-refractivity contribution >= 4 is 27.4 Å². The maximum absolute atomic E-state index is 12.0. The summed E-state index contributed by atoms with van der Waals surface area (Å²) in [6, 6.07) is 0. The van der Waals surface area contributed by atoms with Gasteiger partial charge in [-0.15, -0.1) is 0 Å². The number of rotatable bonds is 4. The zero-order chi connectivity index (χ0) is 13.2. The highest BCUT2D eigenvalue weighted by Gasteiger charge is 2.27. The Bertz CT molecular complexity index is 489. The molecule has 8 heteroatoms. The molecule has 0 saturated carbocycles. The van der Waals surface area contributed by atoms with Crippen LogP contribution in [0.25, 0.3) is 0 Å². The Morgan fingerprint density at radius 2 is 1.71 bits per heavy atom. The van der Waals surface area contributed by atoms with E-state index in [9.17, 15) is 8.42 Å². The van der Waals surface area contributed by atoms with E-state index >= 15 is 0 Å². The van der Waals surface area contributed by atoms with Gasteiger partial charge in [0.2, 0.25) is 5.95 Å². The third kappa shape index (κ3) is 2.57. The van der Waals surface area contributed by atoms with Gasteiger partial charge in [-0.25, -0.2) is 8.42 Å². The van der Waals surface area contributed by atoms with Gasteiger partial charge in [0, 0.05) is 6.54 Å². The van der Waals surface area contributed by atoms with Crippen molar-refractivity contribution in [2.24, 2.45) is 0 Å². The highest BCUT2D eigenvalue weighted by atomic mass is 32.2. The molecule has 5 N–H and O–H groups in total. The molecule has 1 aromatic rings. The van der Waals surface area contributed by atoms with Gasteiger partial charge in [-0.2, -0.15) is 9.97 Å². The first-order valence-electron chi connectivity index (χ1n) is 5.21. The first-order chi connectivity index (χ1) is 7.80. The molecule has 0 atom stereocenters. The first-order valence-corrected chi connectivity index (χ1v) is 6.76. The summed E-state index contributed by atoms with van der Waals surface area (Å²) in [6.45, 7) is 5.54. The van der Waals surface area contributed by atoms with Gasteiger partial charge in [0.25, 0.3) is 0 Å². The molecular weight excluding hydrogens is 242 g/mol. The van der Waals surface area contributed by atoms with E-state index in [1.807, 2.05) is 6.92 Å². The predicted molar refractivity (Wildman–Crippen MR) is 67.3 cm³/mol. The van der Waals surface area contributed by atoms with E-state index in [1.54, 1.807) is 13.8 Å². The van der Waals surface area contributed by atoms with Gasteiger partial charge in [-0.1, -0.05) is 0 Å². The van der Waals surface area contributed by atoms with E-state index in [-0.39, 0.29) is 22.5 Å². The fourth-order valence-electron chi connectivity index (χ4n) is 1.25. The summed E-state index contributed by atoms with van der Waals surface area (Å²) >= 11 is 0. The molecule has 0 saturated heterocycles. The van der Waals surface area contributed by atoms with Gasteiger partial charge in [0.05, 0.1) is 5.25 Å². The minimum absolute atomic E-state index is 0.123. The minimum atomic E-state index is -3.57. The summed E-state index contributed by atoms with van der Waals surface area (Å²) in [5.41, 5.74) is 11.3. The van der Waals surface area contributed by atoms with E-state index in [0.717, 1.165) is 0 Å². The Hall–Kier alpha value is -1.57. The molecule has 0 bridgehead atoms. The molecule has 17 heavy (non-hydrogen) atoms. The SMILES string of the molecule is CCNc1nc(N)c(S(=O)(=O)C(C)C)c(N)n1. The first kappa shape index (κ1) is 13.5. The lowest BCUT2D eigenvalue weighted by Crippen LogP contribution is -2.20. The van der Waals surface area contributed by atoms with Gasteiger partial charge in [-0.05, 0) is 20.8 Å². The maximum Gasteiger partial charge on any atom is 0.226 e. The van der Waals surface area contributed by atoms with E-state index in [0.29, 0.717) is 6.54 Å². The van der Waals surface area contributed by atoms with Gasteiger partial charge >= 0.3 is 0 Å². The number of anilines is 3. The van der Waals surface area contributed by atoms with Crippen molar-refractivity contribution in [1.29, 1.82) is 0 Å². The number of nitrogens with zero attached hydrogens (tertiary/aromatic N) is 2. The average molecular weight is 259 g/mol. The summed E-state index contributed by atoms with van der Waals surface area (Å²) in [7, 11) is -3.57. The monoisotopic (exact) mass is 259 g/mol. The molecule has 0 aliphatic heterocycles. The average Bonchev–Trinajstić information content (AvgIpc) is 2.15. The highest BCUT2D eigenvalue weighted by molar-refractivity contribution is 7.92. The van der Waals surface area contributed by atoms with Gasteiger partial charge in [0.15, 0.2) is 14.7 Å². The lowest BCUT2D eigenvalue weighted by atomic mass is 10.5. The molecule has 0 amide bonds. The van der Waals surface area contributed by atoms with Crippen LogP contribution in [0.4, 0.5) is 17.6 Å². The number of aromatic nitrogens is 2. The number of hydrogen-bond donors (Lipinski definition) is 3. The second-order valence-corrected chi connectivity index (χ2v) is 6.21.